The fourth-order valence-corrected chi connectivity index (χ4v) is 8.94. The lowest BCUT2D eigenvalue weighted by Crippen LogP contribution is -2.60. The van der Waals surface area contributed by atoms with Gasteiger partial charge < -0.3 is 52.8 Å². The number of aromatic amines is 1. The molecule has 0 bridgehead atoms. The van der Waals surface area contributed by atoms with Crippen molar-refractivity contribution in [1.29, 1.82) is 0 Å². The van der Waals surface area contributed by atoms with Crippen molar-refractivity contribution >= 4 is 58.2 Å². The number of benzene rings is 3. The van der Waals surface area contributed by atoms with E-state index >= 15 is 0 Å². The molecule has 3 heterocycles. The predicted octanol–water partition coefficient (Wildman–Crippen LogP) is 1.72. The summed E-state index contributed by atoms with van der Waals surface area (Å²) in [6.07, 6.45) is 5.54. The minimum atomic E-state index is -1.26. The van der Waals surface area contributed by atoms with Gasteiger partial charge in [0.1, 0.15) is 42.3 Å². The topological polar surface area (TPSA) is 271 Å². The number of aromatic nitrogens is 1. The first kappa shape index (κ1) is 50.3. The molecule has 0 spiro atoms. The van der Waals surface area contributed by atoms with E-state index < -0.39 is 89.6 Å². The van der Waals surface area contributed by atoms with E-state index in [2.05, 4.69) is 31.6 Å². The number of fused-ring (bicyclic) bond motifs is 1. The summed E-state index contributed by atoms with van der Waals surface area (Å²) in [7, 11) is 0. The number of rotatable bonds is 22. The lowest BCUT2D eigenvalue weighted by molar-refractivity contribution is -0.148. The summed E-state index contributed by atoms with van der Waals surface area (Å²) in [6, 6.07) is 17.6. The molecular weight excluding hydrogens is 869 g/mol. The Balaban J connectivity index is 1.21. The zero-order chi connectivity index (χ0) is 48.7. The predicted molar refractivity (Wildman–Crippen MR) is 255 cm³/mol. The van der Waals surface area contributed by atoms with Crippen molar-refractivity contribution in [1.82, 2.24) is 41.4 Å². The van der Waals surface area contributed by atoms with Gasteiger partial charge in [0.2, 0.25) is 41.4 Å². The SMILES string of the molecule is CCCC[C@H](NC(=O)[C@@H]1CCCN1C(=O)[C@H]1CCCN1C(=O)[C@H](Cc1ccccc1)NC(=O)[C@@H](Cc1c[nH]c2ccccc12)NC(=O)[C@H](C)NC(=O)[C@H](CCN)NC(=O)c1ccccc1)C(N)=O. The van der Waals surface area contributed by atoms with Crippen LogP contribution in [-0.2, 0) is 46.4 Å². The fraction of sp³-hybridized carbons (Fsp3) is 0.440. The minimum absolute atomic E-state index is 0.00424. The van der Waals surface area contributed by atoms with Crippen LogP contribution in [0.5, 0.6) is 0 Å². The van der Waals surface area contributed by atoms with Crippen molar-refractivity contribution in [3.63, 3.8) is 0 Å². The summed E-state index contributed by atoms with van der Waals surface area (Å²) in [5.41, 5.74) is 14.0. The molecule has 2 fully saturated rings. The van der Waals surface area contributed by atoms with Crippen molar-refractivity contribution in [2.45, 2.75) is 120 Å². The second-order valence-electron chi connectivity index (χ2n) is 17.6. The molecule has 6 rings (SSSR count). The van der Waals surface area contributed by atoms with Crippen molar-refractivity contribution in [3.05, 3.63) is 108 Å². The summed E-state index contributed by atoms with van der Waals surface area (Å²) in [4.78, 5) is 116. The summed E-state index contributed by atoms with van der Waals surface area (Å²) >= 11 is 0. The lowest BCUT2D eigenvalue weighted by Gasteiger charge is -2.33. The largest absolute Gasteiger partial charge is 0.368 e. The Morgan fingerprint density at radius 3 is 2.00 bits per heavy atom. The van der Waals surface area contributed by atoms with Crippen LogP contribution < -0.4 is 38.1 Å². The average molecular weight is 933 g/mol. The average Bonchev–Trinajstić information content (AvgIpc) is 4.13. The van der Waals surface area contributed by atoms with Gasteiger partial charge in [-0.15, -0.1) is 0 Å². The molecule has 2 aliphatic heterocycles. The Morgan fingerprint density at radius 2 is 1.31 bits per heavy atom. The molecule has 7 atom stereocenters. The molecular formula is C50H64N10O8. The molecule has 3 aromatic carbocycles. The van der Waals surface area contributed by atoms with Crippen LogP contribution in [0, 0.1) is 0 Å². The van der Waals surface area contributed by atoms with Crippen molar-refractivity contribution < 1.29 is 38.4 Å². The van der Waals surface area contributed by atoms with Crippen LogP contribution in [0.4, 0.5) is 0 Å². The second kappa shape index (κ2) is 24.1. The molecule has 0 aliphatic carbocycles. The second-order valence-corrected chi connectivity index (χ2v) is 17.6. The van der Waals surface area contributed by atoms with E-state index in [1.807, 2.05) is 61.5 Å². The van der Waals surface area contributed by atoms with Crippen LogP contribution in [-0.4, -0.2) is 124 Å². The van der Waals surface area contributed by atoms with Crippen LogP contribution in [0.1, 0.15) is 86.7 Å². The number of unbranched alkanes of at least 4 members (excludes halogenated alkanes) is 1. The van der Waals surface area contributed by atoms with E-state index in [0.29, 0.717) is 56.2 Å². The number of H-pyrrole nitrogens is 1. The summed E-state index contributed by atoms with van der Waals surface area (Å²) in [6.45, 7) is 4.01. The van der Waals surface area contributed by atoms with Gasteiger partial charge in [-0.05, 0) is 81.3 Å². The Morgan fingerprint density at radius 1 is 0.676 bits per heavy atom. The smallest absolute Gasteiger partial charge is 0.251 e. The highest BCUT2D eigenvalue weighted by atomic mass is 16.2. The lowest BCUT2D eigenvalue weighted by atomic mass is 10.0. The van der Waals surface area contributed by atoms with E-state index in [1.165, 1.54) is 16.7 Å². The monoisotopic (exact) mass is 932 g/mol. The van der Waals surface area contributed by atoms with Crippen LogP contribution in [0.2, 0.25) is 0 Å². The quantitative estimate of drug-likeness (QED) is 0.0570. The molecule has 0 radical (unpaired) electrons. The molecule has 362 valence electrons. The van der Waals surface area contributed by atoms with Crippen LogP contribution in [0.15, 0.2) is 91.1 Å². The maximum atomic E-state index is 14.8. The zero-order valence-electron chi connectivity index (χ0n) is 38.7. The number of nitrogens with two attached hydrogens (primary N) is 2. The van der Waals surface area contributed by atoms with E-state index in [9.17, 15) is 38.4 Å². The Kier molecular flexibility index (Phi) is 17.8. The van der Waals surface area contributed by atoms with Gasteiger partial charge >= 0.3 is 0 Å². The molecule has 18 heteroatoms. The Bertz CT molecular complexity index is 2410. The Labute approximate surface area is 396 Å². The molecule has 8 amide bonds. The van der Waals surface area contributed by atoms with Crippen LogP contribution in [0.25, 0.3) is 10.9 Å². The van der Waals surface area contributed by atoms with Gasteiger partial charge in [-0.3, -0.25) is 38.4 Å². The van der Waals surface area contributed by atoms with Gasteiger partial charge in [0.25, 0.3) is 5.91 Å². The fourth-order valence-electron chi connectivity index (χ4n) is 8.94. The number of amides is 8. The maximum Gasteiger partial charge on any atom is 0.251 e. The standard InChI is InChI=1S/C50H64N10O8/c1-3-4-20-37(43(52)61)55-48(66)41-22-13-26-59(41)50(68)42-23-14-27-60(42)49(67)40(28-32-15-7-5-8-16-32)58-47(65)39(29-34-30-53-36-21-12-11-19-35(34)36)57-44(62)31(2)54-46(64)38(24-25-51)56-45(63)33-17-9-6-10-18-33/h5-12,15-19,21,30-31,37-42,53H,3-4,13-14,20,22-29,51H2,1-2H3,(H2,52,61)(H,54,64)(H,55,66)(H,56,63)(H,57,62)(H,58,65)/t31-,37-,38-,39+,40-,41-,42+/m0/s1. The summed E-state index contributed by atoms with van der Waals surface area (Å²) in [5.74, 6) is -4.54. The van der Waals surface area contributed by atoms with Crippen molar-refractivity contribution in [2.75, 3.05) is 19.6 Å². The molecule has 1 aromatic heterocycles. The van der Waals surface area contributed by atoms with E-state index in [0.717, 1.165) is 22.9 Å². The van der Waals surface area contributed by atoms with Gasteiger partial charge in [-0.25, -0.2) is 0 Å². The number of hydrogen-bond donors (Lipinski definition) is 8. The van der Waals surface area contributed by atoms with Gasteiger partial charge in [-0.1, -0.05) is 86.5 Å². The number of carbonyl (C=O) groups excluding carboxylic acids is 8. The summed E-state index contributed by atoms with van der Waals surface area (Å²) < 4.78 is 0. The zero-order valence-corrected chi connectivity index (χ0v) is 38.7. The number of carbonyl (C=O) groups is 8. The molecule has 18 nitrogen and oxygen atoms in total. The minimum Gasteiger partial charge on any atom is -0.368 e. The highest BCUT2D eigenvalue weighted by Gasteiger charge is 2.44. The third kappa shape index (κ3) is 12.9. The van der Waals surface area contributed by atoms with E-state index in [-0.39, 0.29) is 32.4 Å². The normalized spacial score (nSPS) is 17.9. The van der Waals surface area contributed by atoms with E-state index in [1.54, 1.807) is 36.5 Å². The number of nitrogens with one attached hydrogen (secondary N) is 6. The van der Waals surface area contributed by atoms with Gasteiger partial charge in [0.05, 0.1) is 0 Å². The number of hydrogen-bond acceptors (Lipinski definition) is 9. The van der Waals surface area contributed by atoms with Gasteiger partial charge in [0, 0.05) is 48.6 Å². The van der Waals surface area contributed by atoms with E-state index in [4.69, 9.17) is 11.5 Å². The Hall–Kier alpha value is -7.08. The van der Waals surface area contributed by atoms with Gasteiger partial charge in [-0.2, -0.15) is 0 Å². The van der Waals surface area contributed by atoms with Crippen LogP contribution in [0.3, 0.4) is 0 Å². The first-order valence-corrected chi connectivity index (χ1v) is 23.6. The molecule has 10 N–H and O–H groups in total. The van der Waals surface area contributed by atoms with Crippen molar-refractivity contribution in [3.8, 4) is 0 Å². The first-order valence-electron chi connectivity index (χ1n) is 23.6. The molecule has 4 aromatic rings. The highest BCUT2D eigenvalue weighted by molar-refractivity contribution is 6.00. The van der Waals surface area contributed by atoms with Gasteiger partial charge in [0.15, 0.2) is 0 Å². The third-order valence-electron chi connectivity index (χ3n) is 12.7. The molecule has 0 unspecified atom stereocenters. The third-order valence-corrected chi connectivity index (χ3v) is 12.7. The number of para-hydroxylation sites is 1. The molecule has 68 heavy (non-hydrogen) atoms. The van der Waals surface area contributed by atoms with Crippen LogP contribution >= 0.6 is 0 Å². The molecule has 2 saturated heterocycles. The summed E-state index contributed by atoms with van der Waals surface area (Å²) in [5, 5.41) is 14.6. The van der Waals surface area contributed by atoms with Crippen molar-refractivity contribution in [2.24, 2.45) is 11.5 Å². The highest BCUT2D eigenvalue weighted by Crippen LogP contribution is 2.27. The number of nitrogens with zero attached hydrogens (tertiary/aromatic N) is 2. The number of primary amides is 1. The maximum absolute atomic E-state index is 14.8. The number of likely N-dealkylation sites (tertiary alicyclic amines) is 2. The molecule has 2 aliphatic rings. The first-order chi connectivity index (χ1) is 32.8. The molecule has 0 saturated carbocycles.